The van der Waals surface area contributed by atoms with E-state index in [1.54, 1.807) is 0 Å². The zero-order valence-electron chi connectivity index (χ0n) is 31.9. The predicted octanol–water partition coefficient (Wildman–Crippen LogP) is 14.6. The number of furan rings is 1. The van der Waals surface area contributed by atoms with Crippen LogP contribution in [0.25, 0.3) is 93.9 Å². The fourth-order valence-electron chi connectivity index (χ4n) is 10.3. The molecule has 56 heavy (non-hydrogen) atoms. The van der Waals surface area contributed by atoms with Gasteiger partial charge in [-0.1, -0.05) is 137 Å². The van der Waals surface area contributed by atoms with Crippen molar-refractivity contribution in [1.29, 1.82) is 0 Å². The minimum atomic E-state index is -0.165. The van der Waals surface area contributed by atoms with Gasteiger partial charge in [0.25, 0.3) is 0 Å². The van der Waals surface area contributed by atoms with Crippen LogP contribution in [0.5, 0.6) is 0 Å². The summed E-state index contributed by atoms with van der Waals surface area (Å²) in [6.07, 6.45) is 0. The molecular weight excluding hydrogens is 679 g/mol. The minimum absolute atomic E-state index is 0.0475. The Morgan fingerprint density at radius 2 is 0.946 bits per heavy atom. The number of aromatic nitrogens is 1. The summed E-state index contributed by atoms with van der Waals surface area (Å²) in [6, 6.07) is 60.8. The van der Waals surface area contributed by atoms with Gasteiger partial charge in [-0.2, -0.15) is 0 Å². The number of benzene rings is 8. The van der Waals surface area contributed by atoms with E-state index in [1.807, 2.05) is 0 Å². The maximum absolute atomic E-state index is 6.57. The topological polar surface area (TPSA) is 18.1 Å². The fraction of sp³-hybridized carbons (Fsp3) is 0.111. The van der Waals surface area contributed by atoms with Crippen molar-refractivity contribution in [2.45, 2.75) is 38.5 Å². The van der Waals surface area contributed by atoms with Gasteiger partial charge in [0.2, 0.25) is 0 Å². The van der Waals surface area contributed by atoms with Crippen LogP contribution < -0.4 is 0 Å². The molecule has 8 aromatic carbocycles. The van der Waals surface area contributed by atoms with E-state index >= 15 is 0 Å². The number of fused-ring (bicyclic) bond motifs is 13. The Hall–Kier alpha value is -6.64. The van der Waals surface area contributed by atoms with Crippen molar-refractivity contribution in [3.05, 3.63) is 186 Å². The Kier molecular flexibility index (Phi) is 6.22. The zero-order chi connectivity index (χ0) is 37.5. The molecule has 0 radical (unpaired) electrons. The van der Waals surface area contributed by atoms with Gasteiger partial charge in [0.15, 0.2) is 0 Å². The van der Waals surface area contributed by atoms with Gasteiger partial charge in [0.1, 0.15) is 11.2 Å². The van der Waals surface area contributed by atoms with E-state index in [2.05, 4.69) is 196 Å². The summed E-state index contributed by atoms with van der Waals surface area (Å²) in [4.78, 5) is 0. The monoisotopic (exact) mass is 717 g/mol. The lowest BCUT2D eigenvalue weighted by Gasteiger charge is -2.22. The van der Waals surface area contributed by atoms with Crippen molar-refractivity contribution in [3.8, 4) is 50.2 Å². The average Bonchev–Trinajstić information content (AvgIpc) is 3.91. The molecule has 266 valence electrons. The maximum atomic E-state index is 6.57. The van der Waals surface area contributed by atoms with Crippen LogP contribution in [0.2, 0.25) is 0 Å². The summed E-state index contributed by atoms with van der Waals surface area (Å²) >= 11 is 0. The van der Waals surface area contributed by atoms with Crippen molar-refractivity contribution in [3.63, 3.8) is 0 Å². The molecule has 2 nitrogen and oxygen atoms in total. The molecule has 0 N–H and O–H groups in total. The van der Waals surface area contributed by atoms with Gasteiger partial charge in [-0.25, -0.2) is 0 Å². The van der Waals surface area contributed by atoms with Crippen LogP contribution >= 0.6 is 0 Å². The number of rotatable bonds is 3. The summed E-state index contributed by atoms with van der Waals surface area (Å²) in [7, 11) is 0. The Balaban J connectivity index is 1.03. The molecule has 2 heterocycles. The molecule has 0 bridgehead atoms. The van der Waals surface area contributed by atoms with E-state index < -0.39 is 0 Å². The highest BCUT2D eigenvalue weighted by molar-refractivity contribution is 6.13. The molecular formula is C54H39NO. The summed E-state index contributed by atoms with van der Waals surface area (Å²) < 4.78 is 8.99. The Morgan fingerprint density at radius 3 is 1.68 bits per heavy atom. The number of hydrogen-bond donors (Lipinski definition) is 0. The first-order valence-corrected chi connectivity index (χ1v) is 19.8. The standard InChI is InChI=1S/C54H39NO/c1-53(2)44-16-10-8-14-37(44)38-22-18-34(30-46(38)53)32-20-26-48-42(28-32)43-29-33(21-27-49(43)55(48)36-12-6-5-7-13-36)35-19-23-41-47(31-35)54(3,4)45-25-24-40-39-15-9-11-17-50(39)56-52(40)51(41)45/h5-31H,1-4H3. The van der Waals surface area contributed by atoms with E-state index in [-0.39, 0.29) is 10.8 Å². The molecule has 0 aliphatic heterocycles. The van der Waals surface area contributed by atoms with E-state index in [0.29, 0.717) is 0 Å². The second-order valence-electron chi connectivity index (χ2n) is 16.9. The van der Waals surface area contributed by atoms with E-state index in [0.717, 1.165) is 11.2 Å². The lowest BCUT2D eigenvalue weighted by Crippen LogP contribution is -2.14. The molecule has 0 atom stereocenters. The zero-order valence-corrected chi connectivity index (χ0v) is 31.9. The van der Waals surface area contributed by atoms with Crippen LogP contribution in [0, 0.1) is 0 Å². The Morgan fingerprint density at radius 1 is 0.393 bits per heavy atom. The molecule has 2 aliphatic carbocycles. The highest BCUT2D eigenvalue weighted by Crippen LogP contribution is 2.54. The van der Waals surface area contributed by atoms with Gasteiger partial charge in [-0.05, 0) is 116 Å². The third-order valence-corrected chi connectivity index (χ3v) is 13.2. The van der Waals surface area contributed by atoms with Crippen LogP contribution in [0.15, 0.2) is 168 Å². The van der Waals surface area contributed by atoms with Crippen LogP contribution in [-0.2, 0) is 10.8 Å². The van der Waals surface area contributed by atoms with Gasteiger partial charge in [-0.15, -0.1) is 0 Å². The smallest absolute Gasteiger partial charge is 0.143 e. The molecule has 12 rings (SSSR count). The SMILES string of the molecule is CC1(C)c2ccccc2-c2ccc(-c3ccc4c(c3)c3cc(-c5ccc6c(c5)C(C)(C)c5ccc7c(oc8ccccc87)c5-6)ccc3n4-c3ccccc3)cc21. The summed E-state index contributed by atoms with van der Waals surface area (Å²) in [5, 5.41) is 4.86. The van der Waals surface area contributed by atoms with Crippen molar-refractivity contribution < 1.29 is 4.42 Å². The lowest BCUT2D eigenvalue weighted by atomic mass is 9.81. The normalized spacial score (nSPS) is 14.7. The quantitative estimate of drug-likeness (QED) is 0.178. The fourth-order valence-corrected chi connectivity index (χ4v) is 10.3. The van der Waals surface area contributed by atoms with Crippen LogP contribution in [0.1, 0.15) is 49.9 Å². The maximum Gasteiger partial charge on any atom is 0.143 e. The van der Waals surface area contributed by atoms with Gasteiger partial charge in [0, 0.05) is 43.6 Å². The number of nitrogens with zero attached hydrogens (tertiary/aromatic N) is 1. The second kappa shape index (κ2) is 11.0. The molecule has 10 aromatic rings. The molecule has 0 saturated carbocycles. The van der Waals surface area contributed by atoms with Crippen molar-refractivity contribution in [1.82, 2.24) is 4.57 Å². The first kappa shape index (κ1) is 31.7. The van der Waals surface area contributed by atoms with E-state index in [1.165, 1.54) is 105 Å². The van der Waals surface area contributed by atoms with Crippen LogP contribution in [0.4, 0.5) is 0 Å². The Labute approximate surface area is 326 Å². The number of hydrogen-bond acceptors (Lipinski definition) is 1. The molecule has 0 saturated heterocycles. The Bertz CT molecular complexity index is 3300. The highest BCUT2D eigenvalue weighted by atomic mass is 16.3. The summed E-state index contributed by atoms with van der Waals surface area (Å²) in [5.74, 6) is 0. The molecule has 0 spiro atoms. The molecule has 0 fully saturated rings. The van der Waals surface area contributed by atoms with Crippen molar-refractivity contribution in [2.24, 2.45) is 0 Å². The molecule has 0 unspecified atom stereocenters. The number of para-hydroxylation sites is 2. The van der Waals surface area contributed by atoms with Gasteiger partial charge in [-0.3, -0.25) is 0 Å². The van der Waals surface area contributed by atoms with Crippen molar-refractivity contribution >= 4 is 43.7 Å². The first-order chi connectivity index (χ1) is 27.3. The second-order valence-corrected chi connectivity index (χ2v) is 16.9. The highest BCUT2D eigenvalue weighted by Gasteiger charge is 2.38. The molecule has 2 heteroatoms. The molecule has 2 aromatic heterocycles. The third-order valence-electron chi connectivity index (χ3n) is 13.2. The van der Waals surface area contributed by atoms with Gasteiger partial charge >= 0.3 is 0 Å². The first-order valence-electron chi connectivity index (χ1n) is 19.8. The third kappa shape index (κ3) is 4.16. The van der Waals surface area contributed by atoms with E-state index in [4.69, 9.17) is 4.42 Å². The van der Waals surface area contributed by atoms with E-state index in [9.17, 15) is 0 Å². The molecule has 0 amide bonds. The van der Waals surface area contributed by atoms with Crippen LogP contribution in [-0.4, -0.2) is 4.57 Å². The lowest BCUT2D eigenvalue weighted by molar-refractivity contribution is 0.653. The van der Waals surface area contributed by atoms with Crippen LogP contribution in [0.3, 0.4) is 0 Å². The molecule has 2 aliphatic rings. The minimum Gasteiger partial charge on any atom is -0.455 e. The predicted molar refractivity (Wildman–Crippen MR) is 234 cm³/mol. The summed E-state index contributed by atoms with van der Waals surface area (Å²) in [5.41, 5.74) is 20.9. The van der Waals surface area contributed by atoms with Gasteiger partial charge < -0.3 is 8.98 Å². The van der Waals surface area contributed by atoms with Crippen molar-refractivity contribution in [2.75, 3.05) is 0 Å². The summed E-state index contributed by atoms with van der Waals surface area (Å²) in [6.45, 7) is 9.43. The van der Waals surface area contributed by atoms with Gasteiger partial charge in [0.05, 0.1) is 11.0 Å². The largest absolute Gasteiger partial charge is 0.455 e. The average molecular weight is 718 g/mol.